The van der Waals surface area contributed by atoms with E-state index in [4.69, 9.17) is 19.7 Å². The molecule has 0 aromatic heterocycles. The number of nitrogens with zero attached hydrogens (tertiary/aromatic N) is 2. The third-order valence-corrected chi connectivity index (χ3v) is 5.82. The molecule has 0 radical (unpaired) electrons. The molecule has 0 unspecified atom stereocenters. The Labute approximate surface area is 242 Å². The van der Waals surface area contributed by atoms with Crippen LogP contribution in [0, 0.1) is 0 Å². The van der Waals surface area contributed by atoms with Crippen LogP contribution in [-0.4, -0.2) is 60.9 Å². The van der Waals surface area contributed by atoms with Gasteiger partial charge in [-0.2, -0.15) is 10.2 Å². The summed E-state index contributed by atoms with van der Waals surface area (Å²) < 4.78 is 10.7. The van der Waals surface area contributed by atoms with Crippen LogP contribution in [0.2, 0.25) is 0 Å². The van der Waals surface area contributed by atoms with Crippen molar-refractivity contribution >= 4 is 24.2 Å². The third-order valence-electron chi connectivity index (χ3n) is 5.82. The molecule has 0 spiro atoms. The zero-order chi connectivity index (χ0) is 29.6. The Morgan fingerprint density at radius 3 is 1.40 bits per heavy atom. The minimum atomic E-state index is -0.359. The normalized spacial score (nSPS) is 11.0. The Balaban J connectivity index is 1.29. The first-order valence-electron chi connectivity index (χ1n) is 13.1. The molecule has 10 nitrogen and oxygen atoms in total. The van der Waals surface area contributed by atoms with Gasteiger partial charge in [0.1, 0.15) is 24.7 Å². The van der Waals surface area contributed by atoms with Crippen molar-refractivity contribution in [3.63, 3.8) is 0 Å². The number of nitrogens with one attached hydrogen (secondary N) is 2. The molecule has 4 aromatic carbocycles. The average Bonchev–Trinajstić information content (AvgIpc) is 3.03. The standard InChI is InChI=1S/C32H30N4O6/c37-15-17-41-29-5-1-3-23(19-29)21-33-35-31(39)27-11-7-25(8-12-27)26-9-13-28(14-10-26)32(40)36-34-22-24-4-2-6-30(20-24)42-18-16-38/h1-14,19-22,37-38H,15-18H2,(H,35,39)(H,36,40)/b33-21+,34-22+. The summed E-state index contributed by atoms with van der Waals surface area (Å²) in [6.45, 7) is 0.241. The van der Waals surface area contributed by atoms with Crippen molar-refractivity contribution in [2.45, 2.75) is 0 Å². The molecule has 10 heteroatoms. The Morgan fingerprint density at radius 2 is 1.02 bits per heavy atom. The van der Waals surface area contributed by atoms with Gasteiger partial charge in [0.25, 0.3) is 11.8 Å². The minimum absolute atomic E-state index is 0.0765. The van der Waals surface area contributed by atoms with Crippen molar-refractivity contribution < 1.29 is 29.3 Å². The van der Waals surface area contributed by atoms with E-state index < -0.39 is 0 Å². The van der Waals surface area contributed by atoms with Crippen LogP contribution >= 0.6 is 0 Å². The lowest BCUT2D eigenvalue weighted by molar-refractivity contribution is 0.0947. The molecule has 0 fully saturated rings. The van der Waals surface area contributed by atoms with E-state index >= 15 is 0 Å². The van der Waals surface area contributed by atoms with Gasteiger partial charge in [0.2, 0.25) is 0 Å². The highest BCUT2D eigenvalue weighted by atomic mass is 16.5. The van der Waals surface area contributed by atoms with Gasteiger partial charge in [-0.25, -0.2) is 10.9 Å². The highest BCUT2D eigenvalue weighted by Crippen LogP contribution is 2.21. The van der Waals surface area contributed by atoms with Gasteiger partial charge in [-0.1, -0.05) is 48.5 Å². The summed E-state index contributed by atoms with van der Waals surface area (Å²) in [6, 6.07) is 28.3. The molecule has 0 bridgehead atoms. The van der Waals surface area contributed by atoms with Gasteiger partial charge in [-0.05, 0) is 70.8 Å². The molecular formula is C32H30N4O6. The van der Waals surface area contributed by atoms with Crippen LogP contribution in [0.5, 0.6) is 11.5 Å². The number of benzene rings is 4. The van der Waals surface area contributed by atoms with E-state index in [1.165, 1.54) is 12.4 Å². The molecule has 0 saturated carbocycles. The maximum Gasteiger partial charge on any atom is 0.271 e. The smallest absolute Gasteiger partial charge is 0.271 e. The molecule has 0 aliphatic rings. The van der Waals surface area contributed by atoms with Crippen LogP contribution in [0.15, 0.2) is 107 Å². The van der Waals surface area contributed by atoms with E-state index in [0.717, 1.165) is 22.3 Å². The zero-order valence-electron chi connectivity index (χ0n) is 22.6. The first-order chi connectivity index (χ1) is 20.6. The van der Waals surface area contributed by atoms with Crippen LogP contribution in [0.1, 0.15) is 31.8 Å². The predicted octanol–water partition coefficient (Wildman–Crippen LogP) is 3.62. The fraction of sp³-hybridized carbons (Fsp3) is 0.125. The van der Waals surface area contributed by atoms with Crippen molar-refractivity contribution in [1.82, 2.24) is 10.9 Å². The quantitative estimate of drug-likeness (QED) is 0.144. The van der Waals surface area contributed by atoms with Gasteiger partial charge in [0.05, 0.1) is 25.6 Å². The molecule has 0 atom stereocenters. The van der Waals surface area contributed by atoms with Gasteiger partial charge in [0.15, 0.2) is 0 Å². The molecule has 0 aliphatic carbocycles. The molecule has 42 heavy (non-hydrogen) atoms. The minimum Gasteiger partial charge on any atom is -0.491 e. The van der Waals surface area contributed by atoms with E-state index in [0.29, 0.717) is 22.6 Å². The van der Waals surface area contributed by atoms with Crippen LogP contribution in [0.3, 0.4) is 0 Å². The highest BCUT2D eigenvalue weighted by Gasteiger charge is 2.08. The van der Waals surface area contributed by atoms with E-state index in [1.54, 1.807) is 60.7 Å². The van der Waals surface area contributed by atoms with Crippen molar-refractivity contribution in [2.24, 2.45) is 10.2 Å². The lowest BCUT2D eigenvalue weighted by Gasteiger charge is -2.06. The van der Waals surface area contributed by atoms with Crippen LogP contribution in [0.4, 0.5) is 0 Å². The predicted molar refractivity (Wildman–Crippen MR) is 160 cm³/mol. The molecule has 214 valence electrons. The fourth-order valence-corrected chi connectivity index (χ4v) is 3.78. The van der Waals surface area contributed by atoms with Crippen LogP contribution in [-0.2, 0) is 0 Å². The fourth-order valence-electron chi connectivity index (χ4n) is 3.78. The molecule has 0 aliphatic heterocycles. The van der Waals surface area contributed by atoms with Crippen molar-refractivity contribution in [3.05, 3.63) is 119 Å². The SMILES string of the molecule is O=C(N/N=C/c1cccc(OCCO)c1)c1ccc(-c2ccc(C(=O)N/N=C/c3cccc(OCCO)c3)cc2)cc1. The first-order valence-corrected chi connectivity index (χ1v) is 13.1. The van der Waals surface area contributed by atoms with E-state index in [1.807, 2.05) is 36.4 Å². The summed E-state index contributed by atoms with van der Waals surface area (Å²) in [7, 11) is 0. The van der Waals surface area contributed by atoms with E-state index in [2.05, 4.69) is 21.1 Å². The molecule has 4 N–H and O–H groups in total. The second-order valence-corrected chi connectivity index (χ2v) is 8.84. The van der Waals surface area contributed by atoms with Crippen molar-refractivity contribution in [2.75, 3.05) is 26.4 Å². The van der Waals surface area contributed by atoms with Gasteiger partial charge in [-0.15, -0.1) is 0 Å². The van der Waals surface area contributed by atoms with E-state index in [9.17, 15) is 9.59 Å². The maximum atomic E-state index is 12.5. The summed E-state index contributed by atoms with van der Waals surface area (Å²) in [5.74, 6) is 0.478. The number of aliphatic hydroxyl groups excluding tert-OH is 2. The summed E-state index contributed by atoms with van der Waals surface area (Å²) >= 11 is 0. The Kier molecular flexibility index (Phi) is 10.9. The Bertz CT molecular complexity index is 1420. The number of amides is 2. The number of carbonyl (C=O) groups excluding carboxylic acids is 2. The number of rotatable bonds is 13. The summed E-state index contributed by atoms with van der Waals surface area (Å²) in [5, 5.41) is 25.8. The van der Waals surface area contributed by atoms with Gasteiger partial charge in [-0.3, -0.25) is 9.59 Å². The number of hydrogen-bond acceptors (Lipinski definition) is 8. The number of carbonyl (C=O) groups is 2. The van der Waals surface area contributed by atoms with Crippen molar-refractivity contribution in [1.29, 1.82) is 0 Å². The van der Waals surface area contributed by atoms with Crippen LogP contribution in [0.25, 0.3) is 11.1 Å². The molecule has 2 amide bonds. The summed E-state index contributed by atoms with van der Waals surface area (Å²) in [5.41, 5.74) is 9.12. The number of aliphatic hydroxyl groups is 2. The topological polar surface area (TPSA) is 142 Å². The number of ether oxygens (including phenoxy) is 2. The number of hydrazone groups is 2. The molecular weight excluding hydrogens is 536 g/mol. The second kappa shape index (κ2) is 15.5. The first kappa shape index (κ1) is 29.7. The summed E-state index contributed by atoms with van der Waals surface area (Å²) in [4.78, 5) is 25.0. The second-order valence-electron chi connectivity index (χ2n) is 8.84. The van der Waals surface area contributed by atoms with Gasteiger partial charge >= 0.3 is 0 Å². The zero-order valence-corrected chi connectivity index (χ0v) is 22.6. The summed E-state index contributed by atoms with van der Waals surface area (Å²) in [6.07, 6.45) is 3.02. The van der Waals surface area contributed by atoms with Crippen molar-refractivity contribution in [3.8, 4) is 22.6 Å². The Morgan fingerprint density at radius 1 is 0.619 bits per heavy atom. The lowest BCUT2D eigenvalue weighted by atomic mass is 10.0. The lowest BCUT2D eigenvalue weighted by Crippen LogP contribution is -2.17. The highest BCUT2D eigenvalue weighted by molar-refractivity contribution is 5.96. The molecule has 4 rings (SSSR count). The molecule has 4 aromatic rings. The molecule has 0 saturated heterocycles. The molecule has 0 heterocycles. The van der Waals surface area contributed by atoms with Gasteiger partial charge < -0.3 is 19.7 Å². The largest absolute Gasteiger partial charge is 0.491 e. The van der Waals surface area contributed by atoms with Gasteiger partial charge in [0, 0.05) is 11.1 Å². The van der Waals surface area contributed by atoms with E-state index in [-0.39, 0.29) is 38.2 Å². The maximum absolute atomic E-state index is 12.5. The number of hydrogen-bond donors (Lipinski definition) is 4. The monoisotopic (exact) mass is 566 g/mol. The third kappa shape index (κ3) is 8.85. The Hall–Kier alpha value is -5.32. The van der Waals surface area contributed by atoms with Crippen LogP contribution < -0.4 is 20.3 Å². The average molecular weight is 567 g/mol.